The van der Waals surface area contributed by atoms with E-state index in [1.807, 2.05) is 12.1 Å². The molecule has 0 amide bonds. The number of rotatable bonds is 5. The van der Waals surface area contributed by atoms with E-state index in [2.05, 4.69) is 9.97 Å². The second-order valence-corrected chi connectivity index (χ2v) is 5.57. The Morgan fingerprint density at radius 1 is 1.23 bits per heavy atom. The zero-order valence-corrected chi connectivity index (χ0v) is 12.4. The van der Waals surface area contributed by atoms with Crippen LogP contribution in [-0.2, 0) is 16.6 Å². The van der Waals surface area contributed by atoms with Crippen molar-refractivity contribution in [3.8, 4) is 0 Å². The third-order valence-corrected chi connectivity index (χ3v) is 4.02. The molecule has 4 nitrogen and oxygen atoms in total. The normalized spacial score (nSPS) is 15.4. The van der Waals surface area contributed by atoms with Crippen LogP contribution in [-0.4, -0.2) is 22.5 Å². The average Bonchev–Trinajstić information content (AvgIpc) is 3.29. The van der Waals surface area contributed by atoms with Crippen molar-refractivity contribution >= 4 is 5.97 Å². The minimum atomic E-state index is -0.409. The first kappa shape index (κ1) is 14.6. The number of esters is 1. The summed E-state index contributed by atoms with van der Waals surface area (Å²) in [6, 6.07) is 6.63. The number of carbonyl (C=O) groups is 1. The molecule has 22 heavy (non-hydrogen) atoms. The van der Waals surface area contributed by atoms with Crippen molar-refractivity contribution in [3.05, 3.63) is 59.4 Å². The van der Waals surface area contributed by atoms with Gasteiger partial charge in [0.2, 0.25) is 0 Å². The highest BCUT2D eigenvalue weighted by atomic mass is 19.1. The molecule has 1 fully saturated rings. The van der Waals surface area contributed by atoms with Gasteiger partial charge >= 0.3 is 5.97 Å². The summed E-state index contributed by atoms with van der Waals surface area (Å²) in [4.78, 5) is 20.1. The Bertz CT molecular complexity index is 664. The molecule has 0 bridgehead atoms. The molecule has 1 saturated carbocycles. The molecule has 0 atom stereocenters. The van der Waals surface area contributed by atoms with Gasteiger partial charge in [-0.05, 0) is 37.5 Å². The maximum absolute atomic E-state index is 13.0. The van der Waals surface area contributed by atoms with Gasteiger partial charge in [-0.2, -0.15) is 0 Å². The lowest BCUT2D eigenvalue weighted by molar-refractivity contribution is 0.0525. The number of ether oxygens (including phenoxy) is 1. The summed E-state index contributed by atoms with van der Waals surface area (Å²) in [7, 11) is 0. The largest absolute Gasteiger partial charge is 0.462 e. The molecule has 3 rings (SSSR count). The molecule has 114 valence electrons. The highest BCUT2D eigenvalue weighted by molar-refractivity contribution is 5.88. The quantitative estimate of drug-likeness (QED) is 0.796. The molecule has 2 aromatic rings. The van der Waals surface area contributed by atoms with Gasteiger partial charge in [-0.25, -0.2) is 19.2 Å². The van der Waals surface area contributed by atoms with E-state index >= 15 is 0 Å². The predicted octanol–water partition coefficient (Wildman–Crippen LogP) is 3.07. The zero-order chi connectivity index (χ0) is 15.6. The molecule has 1 aromatic heterocycles. The zero-order valence-electron chi connectivity index (χ0n) is 12.4. The molecule has 0 spiro atoms. The molecule has 5 heteroatoms. The van der Waals surface area contributed by atoms with E-state index in [4.69, 9.17) is 4.74 Å². The van der Waals surface area contributed by atoms with Crippen LogP contribution in [0, 0.1) is 5.82 Å². The van der Waals surface area contributed by atoms with Gasteiger partial charge in [0.25, 0.3) is 0 Å². The van der Waals surface area contributed by atoms with Crippen LogP contribution in [0.1, 0.15) is 41.5 Å². The number of carbonyl (C=O) groups excluding carboxylic acids is 1. The summed E-state index contributed by atoms with van der Waals surface area (Å²) in [5, 5.41) is 0. The minimum absolute atomic E-state index is 0.0130. The lowest BCUT2D eigenvalue weighted by Crippen LogP contribution is -2.14. The molecule has 0 radical (unpaired) electrons. The summed E-state index contributed by atoms with van der Waals surface area (Å²) in [5.41, 5.74) is 1.49. The van der Waals surface area contributed by atoms with Crippen LogP contribution in [0.3, 0.4) is 0 Å². The summed E-state index contributed by atoms with van der Waals surface area (Å²) < 4.78 is 17.9. The summed E-state index contributed by atoms with van der Waals surface area (Å²) in [6.07, 6.45) is 5.78. The fourth-order valence-electron chi connectivity index (χ4n) is 2.59. The van der Waals surface area contributed by atoms with Gasteiger partial charge in [0.1, 0.15) is 11.6 Å². The SMILES string of the molecule is CCOC(=O)c1cnc(CC2(c3ccc(F)cc3)CC2)nc1. The van der Waals surface area contributed by atoms with E-state index in [0.717, 1.165) is 18.4 Å². The third-order valence-electron chi connectivity index (χ3n) is 4.02. The first-order valence-electron chi connectivity index (χ1n) is 7.37. The molecule has 1 aliphatic rings. The Kier molecular flexibility index (Phi) is 3.88. The molecule has 0 aliphatic heterocycles. The van der Waals surface area contributed by atoms with Crippen molar-refractivity contribution in [1.82, 2.24) is 9.97 Å². The summed E-state index contributed by atoms with van der Waals surface area (Å²) >= 11 is 0. The molecule has 1 aromatic carbocycles. The van der Waals surface area contributed by atoms with Crippen molar-refractivity contribution in [2.24, 2.45) is 0 Å². The fourth-order valence-corrected chi connectivity index (χ4v) is 2.59. The summed E-state index contributed by atoms with van der Waals surface area (Å²) in [6.45, 7) is 2.08. The predicted molar refractivity (Wildman–Crippen MR) is 79.0 cm³/mol. The Morgan fingerprint density at radius 3 is 2.41 bits per heavy atom. The van der Waals surface area contributed by atoms with E-state index in [9.17, 15) is 9.18 Å². The highest BCUT2D eigenvalue weighted by Gasteiger charge is 2.44. The van der Waals surface area contributed by atoms with Crippen LogP contribution in [0.2, 0.25) is 0 Å². The number of halogens is 1. The average molecular weight is 300 g/mol. The van der Waals surface area contributed by atoms with Crippen molar-refractivity contribution < 1.29 is 13.9 Å². The summed E-state index contributed by atoms with van der Waals surface area (Å²) in [5.74, 6) is 0.0539. The van der Waals surface area contributed by atoms with Crippen molar-refractivity contribution in [2.45, 2.75) is 31.6 Å². The molecule has 1 aliphatic carbocycles. The van der Waals surface area contributed by atoms with Crippen molar-refractivity contribution in [2.75, 3.05) is 6.61 Å². The van der Waals surface area contributed by atoms with Gasteiger partial charge in [0.05, 0.1) is 12.2 Å². The van der Waals surface area contributed by atoms with E-state index < -0.39 is 5.97 Å². The van der Waals surface area contributed by atoms with Crippen molar-refractivity contribution in [1.29, 1.82) is 0 Å². The Hall–Kier alpha value is -2.30. The lowest BCUT2D eigenvalue weighted by Gasteiger charge is -2.14. The van der Waals surface area contributed by atoms with Crippen LogP contribution in [0.25, 0.3) is 0 Å². The first-order valence-corrected chi connectivity index (χ1v) is 7.37. The van der Waals surface area contributed by atoms with Gasteiger partial charge in [-0.3, -0.25) is 0 Å². The maximum atomic E-state index is 13.0. The van der Waals surface area contributed by atoms with Crippen LogP contribution in [0.4, 0.5) is 4.39 Å². The Morgan fingerprint density at radius 2 is 1.86 bits per heavy atom. The Balaban J connectivity index is 1.73. The van der Waals surface area contributed by atoms with Crippen molar-refractivity contribution in [3.63, 3.8) is 0 Å². The van der Waals surface area contributed by atoms with Gasteiger partial charge in [0, 0.05) is 24.2 Å². The lowest BCUT2D eigenvalue weighted by atomic mass is 9.92. The topological polar surface area (TPSA) is 52.1 Å². The second-order valence-electron chi connectivity index (χ2n) is 5.57. The number of hydrogen-bond acceptors (Lipinski definition) is 4. The van der Waals surface area contributed by atoms with Crippen LogP contribution < -0.4 is 0 Å². The number of nitrogens with zero attached hydrogens (tertiary/aromatic N) is 2. The molecule has 0 unspecified atom stereocenters. The molecular formula is C17H17FN2O2. The van der Waals surface area contributed by atoms with E-state index in [0.29, 0.717) is 24.4 Å². The fraction of sp³-hybridized carbons (Fsp3) is 0.353. The number of benzene rings is 1. The maximum Gasteiger partial charge on any atom is 0.341 e. The highest BCUT2D eigenvalue weighted by Crippen LogP contribution is 2.50. The molecule has 1 heterocycles. The monoisotopic (exact) mass is 300 g/mol. The molecular weight excluding hydrogens is 283 g/mol. The standard InChI is InChI=1S/C17H17FN2O2/c1-2-22-16(21)12-10-19-15(20-11-12)9-17(7-8-17)13-3-5-14(18)6-4-13/h3-6,10-11H,2,7-9H2,1H3. The van der Waals surface area contributed by atoms with Crippen LogP contribution in [0.15, 0.2) is 36.7 Å². The smallest absolute Gasteiger partial charge is 0.341 e. The minimum Gasteiger partial charge on any atom is -0.462 e. The van der Waals surface area contributed by atoms with Gasteiger partial charge in [0.15, 0.2) is 0 Å². The Labute approximate surface area is 128 Å². The number of aromatic nitrogens is 2. The van der Waals surface area contributed by atoms with Crippen LogP contribution >= 0.6 is 0 Å². The second kappa shape index (κ2) is 5.83. The van der Waals surface area contributed by atoms with Crippen LogP contribution in [0.5, 0.6) is 0 Å². The van der Waals surface area contributed by atoms with E-state index in [-0.39, 0.29) is 11.2 Å². The first-order chi connectivity index (χ1) is 10.6. The third kappa shape index (κ3) is 2.98. The molecule has 0 saturated heterocycles. The van der Waals surface area contributed by atoms with Gasteiger partial charge in [-0.15, -0.1) is 0 Å². The number of hydrogen-bond donors (Lipinski definition) is 0. The van der Waals surface area contributed by atoms with E-state index in [1.165, 1.54) is 24.5 Å². The van der Waals surface area contributed by atoms with Gasteiger partial charge in [-0.1, -0.05) is 12.1 Å². The van der Waals surface area contributed by atoms with Gasteiger partial charge < -0.3 is 4.74 Å². The van der Waals surface area contributed by atoms with E-state index in [1.54, 1.807) is 6.92 Å². The molecule has 0 N–H and O–H groups in total.